The summed E-state index contributed by atoms with van der Waals surface area (Å²) < 4.78 is 0. The first kappa shape index (κ1) is 25.0. The molecule has 0 aliphatic heterocycles. The van der Waals surface area contributed by atoms with E-state index in [4.69, 9.17) is 10.6 Å². The molecule has 0 saturated carbocycles. The van der Waals surface area contributed by atoms with E-state index in [1.54, 1.807) is 6.08 Å². The summed E-state index contributed by atoms with van der Waals surface area (Å²) in [6, 6.07) is 0. The van der Waals surface area contributed by atoms with E-state index in [1.165, 1.54) is 13.5 Å². The molecule has 164 valence electrons. The van der Waals surface area contributed by atoms with Crippen LogP contribution in [0.5, 0.6) is 0 Å². The second-order valence-corrected chi connectivity index (χ2v) is 7.32. The van der Waals surface area contributed by atoms with Crippen molar-refractivity contribution in [3.8, 4) is 0 Å². The molecular formula is C21H38N6O2. The van der Waals surface area contributed by atoms with Crippen molar-refractivity contribution >= 4 is 5.71 Å². The molecule has 0 aromatic rings. The van der Waals surface area contributed by atoms with Crippen LogP contribution in [-0.2, 0) is 4.84 Å². The summed E-state index contributed by atoms with van der Waals surface area (Å²) in [5.74, 6) is 0. The van der Waals surface area contributed by atoms with E-state index in [2.05, 4.69) is 25.9 Å². The zero-order chi connectivity index (χ0) is 21.5. The van der Waals surface area contributed by atoms with Gasteiger partial charge in [-0.2, -0.15) is 0 Å². The Labute approximate surface area is 175 Å². The molecular weight excluding hydrogens is 368 g/mol. The van der Waals surface area contributed by atoms with E-state index in [9.17, 15) is 4.91 Å². The summed E-state index contributed by atoms with van der Waals surface area (Å²) in [5.41, 5.74) is 9.16. The molecule has 1 aliphatic carbocycles. The quantitative estimate of drug-likeness (QED) is 0.219. The van der Waals surface area contributed by atoms with Crippen molar-refractivity contribution in [2.75, 3.05) is 53.4 Å². The molecule has 4 N–H and O–H groups in total. The average Bonchev–Trinajstić information content (AvgIpc) is 2.71. The summed E-state index contributed by atoms with van der Waals surface area (Å²) in [4.78, 5) is 18.4. The Bertz CT molecular complexity index is 621. The first-order chi connectivity index (χ1) is 14.1. The lowest BCUT2D eigenvalue weighted by Gasteiger charge is -2.27. The van der Waals surface area contributed by atoms with Crippen molar-refractivity contribution in [2.45, 2.75) is 39.5 Å². The summed E-state index contributed by atoms with van der Waals surface area (Å²) >= 11 is 0. The van der Waals surface area contributed by atoms with Gasteiger partial charge in [0.1, 0.15) is 18.5 Å². The van der Waals surface area contributed by atoms with E-state index < -0.39 is 0 Å². The highest BCUT2D eigenvalue weighted by molar-refractivity contribution is 6.16. The second kappa shape index (κ2) is 14.9. The van der Waals surface area contributed by atoms with Crippen LogP contribution in [-0.4, -0.2) is 64.0 Å². The number of nitroso groups, excluding NO2 is 1. The Morgan fingerprint density at radius 3 is 2.24 bits per heavy atom. The Balaban J connectivity index is 2.41. The van der Waals surface area contributed by atoms with Gasteiger partial charge in [0.15, 0.2) is 0 Å². The molecule has 0 radical (unpaired) electrons. The molecule has 0 amide bonds. The van der Waals surface area contributed by atoms with Crippen molar-refractivity contribution < 1.29 is 4.84 Å². The second-order valence-electron chi connectivity index (χ2n) is 7.32. The molecule has 1 aliphatic rings. The molecule has 0 bridgehead atoms. The van der Waals surface area contributed by atoms with Gasteiger partial charge in [0.05, 0.1) is 5.70 Å². The van der Waals surface area contributed by atoms with Gasteiger partial charge < -0.3 is 26.1 Å². The zero-order valence-electron chi connectivity index (χ0n) is 18.5. The number of oxime groups is 1. The maximum atomic E-state index is 11.2. The Hall–Kier alpha value is -2.03. The minimum Gasteiger partial charge on any atom is -0.399 e. The predicted molar refractivity (Wildman–Crippen MR) is 121 cm³/mol. The third kappa shape index (κ3) is 8.89. The molecule has 0 unspecified atom stereocenters. The molecule has 0 atom stereocenters. The lowest BCUT2D eigenvalue weighted by Crippen LogP contribution is -2.30. The fourth-order valence-corrected chi connectivity index (χ4v) is 3.17. The highest BCUT2D eigenvalue weighted by Crippen LogP contribution is 2.27. The van der Waals surface area contributed by atoms with E-state index in [-0.39, 0.29) is 0 Å². The first-order valence-electron chi connectivity index (χ1n) is 10.4. The molecule has 0 fully saturated rings. The third-order valence-electron chi connectivity index (χ3n) is 4.69. The minimum absolute atomic E-state index is 0.386. The fraction of sp³-hybridized carbons (Fsp3) is 0.667. The fourth-order valence-electron chi connectivity index (χ4n) is 3.17. The maximum Gasteiger partial charge on any atom is 0.135 e. The molecule has 0 saturated heterocycles. The molecule has 29 heavy (non-hydrogen) atoms. The molecule has 0 aromatic carbocycles. The number of nitrogens with one attached hydrogen (secondary N) is 2. The first-order valence-corrected chi connectivity index (χ1v) is 10.4. The highest BCUT2D eigenvalue weighted by atomic mass is 16.6. The van der Waals surface area contributed by atoms with Gasteiger partial charge in [-0.15, -0.1) is 4.91 Å². The molecule has 8 heteroatoms. The van der Waals surface area contributed by atoms with Gasteiger partial charge in [0, 0.05) is 19.2 Å². The standard InChI is InChI=1S/C21H38N6O2/c1-17(2)20-18(25-28)9-10-19(21(20)26-29-4)27(3)16-8-15-24-13-6-5-12-23-14-7-11-22/h9-10,23-24H,5-8,11-16,22H2,1-4H3/b26-21-. The van der Waals surface area contributed by atoms with Gasteiger partial charge in [0.25, 0.3) is 0 Å². The van der Waals surface area contributed by atoms with Crippen molar-refractivity contribution in [2.24, 2.45) is 16.1 Å². The van der Waals surface area contributed by atoms with Crippen LogP contribution in [0.2, 0.25) is 0 Å². The van der Waals surface area contributed by atoms with Crippen LogP contribution in [0.15, 0.2) is 45.0 Å². The van der Waals surface area contributed by atoms with Gasteiger partial charge in [0.2, 0.25) is 0 Å². The van der Waals surface area contributed by atoms with Crippen molar-refractivity contribution in [1.29, 1.82) is 0 Å². The van der Waals surface area contributed by atoms with Gasteiger partial charge in [-0.1, -0.05) is 10.7 Å². The van der Waals surface area contributed by atoms with Crippen LogP contribution >= 0.6 is 0 Å². The molecule has 0 spiro atoms. The van der Waals surface area contributed by atoms with Crippen LogP contribution in [0.4, 0.5) is 0 Å². The van der Waals surface area contributed by atoms with Gasteiger partial charge in [-0.25, -0.2) is 0 Å². The summed E-state index contributed by atoms with van der Waals surface area (Å²) in [7, 11) is 3.54. The van der Waals surface area contributed by atoms with Crippen LogP contribution in [0, 0.1) is 4.91 Å². The summed E-state index contributed by atoms with van der Waals surface area (Å²) in [5, 5.41) is 14.2. The highest BCUT2D eigenvalue weighted by Gasteiger charge is 2.25. The largest absolute Gasteiger partial charge is 0.399 e. The smallest absolute Gasteiger partial charge is 0.135 e. The number of hydrogen-bond donors (Lipinski definition) is 3. The molecule has 1 rings (SSSR count). The minimum atomic E-state index is 0.386. The van der Waals surface area contributed by atoms with Crippen molar-refractivity contribution in [3.63, 3.8) is 0 Å². The number of unbranched alkanes of at least 4 members (excludes halogenated alkanes) is 1. The zero-order valence-corrected chi connectivity index (χ0v) is 18.5. The van der Waals surface area contributed by atoms with Crippen LogP contribution < -0.4 is 16.4 Å². The topological polar surface area (TPSA) is 104 Å². The van der Waals surface area contributed by atoms with E-state index in [0.717, 1.165) is 75.4 Å². The number of nitrogens with zero attached hydrogens (tertiary/aromatic N) is 3. The number of rotatable bonds is 15. The Morgan fingerprint density at radius 1 is 1.07 bits per heavy atom. The normalized spacial score (nSPS) is 15.2. The predicted octanol–water partition coefficient (Wildman–Crippen LogP) is 2.50. The Kier molecular flexibility index (Phi) is 12.8. The van der Waals surface area contributed by atoms with Crippen LogP contribution in [0.3, 0.4) is 0 Å². The Morgan fingerprint density at radius 2 is 1.69 bits per heavy atom. The lowest BCUT2D eigenvalue weighted by molar-refractivity contribution is 0.212. The van der Waals surface area contributed by atoms with Crippen molar-refractivity contribution in [3.05, 3.63) is 39.6 Å². The summed E-state index contributed by atoms with van der Waals surface area (Å²) in [6.07, 6.45) is 8.01. The van der Waals surface area contributed by atoms with E-state index in [0.29, 0.717) is 11.4 Å². The van der Waals surface area contributed by atoms with Gasteiger partial charge >= 0.3 is 0 Å². The molecule has 8 nitrogen and oxygen atoms in total. The monoisotopic (exact) mass is 406 g/mol. The van der Waals surface area contributed by atoms with E-state index >= 15 is 0 Å². The SMILES string of the molecule is CO/N=C1/C(N(C)CCCNCCCCNCCCN)=CC=C(N=O)C1=C(C)C. The van der Waals surface area contributed by atoms with Crippen LogP contribution in [0.25, 0.3) is 0 Å². The van der Waals surface area contributed by atoms with Crippen molar-refractivity contribution in [1.82, 2.24) is 15.5 Å². The maximum absolute atomic E-state index is 11.2. The summed E-state index contributed by atoms with van der Waals surface area (Å²) in [6.45, 7) is 9.56. The third-order valence-corrected chi connectivity index (χ3v) is 4.69. The average molecular weight is 407 g/mol. The van der Waals surface area contributed by atoms with E-state index in [1.807, 2.05) is 27.0 Å². The van der Waals surface area contributed by atoms with Gasteiger partial charge in [-0.05, 0) is 89.6 Å². The molecule has 0 heterocycles. The lowest BCUT2D eigenvalue weighted by atomic mass is 9.94. The number of hydrogen-bond acceptors (Lipinski definition) is 8. The number of nitrogens with two attached hydrogens (primary N) is 1. The van der Waals surface area contributed by atoms with Crippen LogP contribution in [0.1, 0.15) is 39.5 Å². The van der Waals surface area contributed by atoms with Gasteiger partial charge in [-0.3, -0.25) is 0 Å². The number of allylic oxidation sites excluding steroid dienone is 5. The molecule has 0 aromatic heterocycles.